The molecule has 19 heavy (non-hydrogen) atoms. The van der Waals surface area contributed by atoms with E-state index in [0.717, 1.165) is 11.0 Å². The number of para-hydroxylation sites is 1. The molecule has 1 aliphatic heterocycles. The summed E-state index contributed by atoms with van der Waals surface area (Å²) in [5.41, 5.74) is 6.20. The summed E-state index contributed by atoms with van der Waals surface area (Å²) in [5, 5.41) is 0. The van der Waals surface area contributed by atoms with Gasteiger partial charge in [-0.05, 0) is 24.6 Å². The molecule has 0 N–H and O–H groups in total. The van der Waals surface area contributed by atoms with Crippen LogP contribution in [0.2, 0.25) is 0 Å². The van der Waals surface area contributed by atoms with E-state index in [4.69, 9.17) is 0 Å². The fraction of sp³-hybridized carbons (Fsp3) is 0.400. The molecule has 2 unspecified atom stereocenters. The Kier molecular flexibility index (Phi) is 6.72. The zero-order chi connectivity index (χ0) is 11.3. The van der Waals surface area contributed by atoms with Gasteiger partial charge in [-0.2, -0.15) is 5.57 Å². The first kappa shape index (κ1) is 19.1. The van der Waals surface area contributed by atoms with E-state index >= 15 is 0 Å². The number of hydrogen-bond acceptors (Lipinski definition) is 0. The molecule has 0 bridgehead atoms. The van der Waals surface area contributed by atoms with Gasteiger partial charge < -0.3 is 29.3 Å². The average Bonchev–Trinajstić information content (AvgIpc) is 2.81. The third-order valence-electron chi connectivity index (χ3n) is 4.40. The average molecular weight is 332 g/mol. The van der Waals surface area contributed by atoms with Gasteiger partial charge in [0.15, 0.2) is 0 Å². The van der Waals surface area contributed by atoms with Gasteiger partial charge in [-0.25, -0.2) is 6.42 Å². The minimum absolute atomic E-state index is 0. The molecule has 1 heterocycles. The summed E-state index contributed by atoms with van der Waals surface area (Å²) in [7, 11) is 2.36. The van der Waals surface area contributed by atoms with E-state index in [1.807, 2.05) is 0 Å². The third kappa shape index (κ3) is 2.52. The van der Waals surface area contributed by atoms with Gasteiger partial charge in [-0.15, -0.1) is 6.42 Å². The molecule has 2 aliphatic rings. The third-order valence-corrected chi connectivity index (χ3v) is 4.40. The summed E-state index contributed by atoms with van der Waals surface area (Å²) >= 11 is 0. The summed E-state index contributed by atoms with van der Waals surface area (Å²) in [6, 6.07) is 8.96. The minimum Gasteiger partial charge on any atom is -1.00 e. The molecule has 1 aliphatic carbocycles. The number of nitrogens with zero attached hydrogens (tertiary/aromatic N) is 1. The Morgan fingerprint density at radius 1 is 1.26 bits per heavy atom. The number of allylic oxidation sites excluding steroid dienone is 2. The van der Waals surface area contributed by atoms with Crippen molar-refractivity contribution in [1.82, 2.24) is 4.48 Å². The predicted molar refractivity (Wildman–Crippen MR) is 69.1 cm³/mol. The van der Waals surface area contributed by atoms with Crippen LogP contribution in [-0.4, -0.2) is 13.6 Å². The van der Waals surface area contributed by atoms with E-state index in [1.54, 1.807) is 11.3 Å². The molecule has 0 fully saturated rings. The molecule has 1 aromatic rings. The van der Waals surface area contributed by atoms with Crippen molar-refractivity contribution in [2.75, 3.05) is 13.6 Å². The van der Waals surface area contributed by atoms with Gasteiger partial charge in [0, 0.05) is 5.56 Å². The van der Waals surface area contributed by atoms with Gasteiger partial charge >= 0.3 is 21.7 Å². The second kappa shape index (κ2) is 6.69. The largest absolute Gasteiger partial charge is 2.00 e. The molecule has 1 nitrogen and oxygen atoms in total. The second-order valence-corrected chi connectivity index (χ2v) is 5.13. The van der Waals surface area contributed by atoms with Gasteiger partial charge in [-0.3, -0.25) is 0 Å². The second-order valence-electron chi connectivity index (χ2n) is 5.13. The summed E-state index contributed by atoms with van der Waals surface area (Å²) in [5.74, 6) is 0.654. The standard InChI is InChI=1S/C15H19N.2ClH.Ti/c1-4-16(3)14-8-6-5-7-12(14)13-10-9-11(2)15(13)16;;;/h5-9,13H,4,10H2,1-3H3;2*1H;/q;;;+2/p-2. The molecule has 102 valence electrons. The Morgan fingerprint density at radius 2 is 1.89 bits per heavy atom. The number of likely N-dealkylation sites (N-methyl/N-ethyl adjacent to an activating group) is 1. The summed E-state index contributed by atoms with van der Waals surface area (Å²) in [4.78, 5) is 0. The quantitative estimate of drug-likeness (QED) is 0.306. The van der Waals surface area contributed by atoms with Crippen molar-refractivity contribution in [3.05, 3.63) is 47.5 Å². The first-order chi connectivity index (χ1) is 7.68. The van der Waals surface area contributed by atoms with Crippen LogP contribution < -0.4 is 29.3 Å². The van der Waals surface area contributed by atoms with Crippen LogP contribution in [0.25, 0.3) is 0 Å². The van der Waals surface area contributed by atoms with E-state index in [1.165, 1.54) is 17.7 Å². The molecule has 4 heteroatoms. The molecule has 0 amide bonds. The van der Waals surface area contributed by atoms with Gasteiger partial charge in [0.05, 0.1) is 13.6 Å². The van der Waals surface area contributed by atoms with Crippen LogP contribution in [-0.2, 0) is 21.7 Å². The zero-order valence-corrected chi connectivity index (χ0v) is 14.7. The molecule has 2 atom stereocenters. The Balaban J connectivity index is 0.00000108. The zero-order valence-electron chi connectivity index (χ0n) is 11.6. The van der Waals surface area contributed by atoms with E-state index in [-0.39, 0.29) is 46.5 Å². The SMILES string of the molecule is CC[N+]1(C)C2=C(C)[CH-]CC2c2ccccc21.[Cl-].[Cl-].[Ti+2]. The molecule has 0 spiro atoms. The van der Waals surface area contributed by atoms with Crippen LogP contribution in [0, 0.1) is 6.42 Å². The smallest absolute Gasteiger partial charge is 1.00 e. The van der Waals surface area contributed by atoms with Gasteiger partial charge in [0.1, 0.15) is 5.69 Å². The Labute approximate surface area is 143 Å². The van der Waals surface area contributed by atoms with E-state index in [2.05, 4.69) is 51.6 Å². The Morgan fingerprint density at radius 3 is 2.53 bits per heavy atom. The monoisotopic (exact) mass is 331 g/mol. The van der Waals surface area contributed by atoms with Crippen molar-refractivity contribution < 1.29 is 46.5 Å². The minimum atomic E-state index is 0. The van der Waals surface area contributed by atoms with Crippen LogP contribution in [0.3, 0.4) is 0 Å². The summed E-state index contributed by atoms with van der Waals surface area (Å²) in [6.45, 7) is 5.71. The normalized spacial score (nSPS) is 26.4. The first-order valence-corrected chi connectivity index (χ1v) is 6.18. The molecule has 3 rings (SSSR count). The maximum Gasteiger partial charge on any atom is 2.00 e. The predicted octanol–water partition coefficient (Wildman–Crippen LogP) is -2.37. The van der Waals surface area contributed by atoms with Gasteiger partial charge in [0.25, 0.3) is 0 Å². The van der Waals surface area contributed by atoms with Crippen molar-refractivity contribution in [3.63, 3.8) is 0 Å². The summed E-state index contributed by atoms with van der Waals surface area (Å²) < 4.78 is 1.02. The van der Waals surface area contributed by atoms with Crippen LogP contribution >= 0.6 is 0 Å². The van der Waals surface area contributed by atoms with E-state index in [0.29, 0.717) is 5.92 Å². The number of halogens is 2. The molecule has 0 saturated carbocycles. The van der Waals surface area contributed by atoms with E-state index < -0.39 is 0 Å². The Bertz CT molecular complexity index is 487. The van der Waals surface area contributed by atoms with Crippen LogP contribution in [0.5, 0.6) is 0 Å². The fourth-order valence-electron chi connectivity index (χ4n) is 3.50. The molecule has 0 radical (unpaired) electrons. The van der Waals surface area contributed by atoms with Crippen LogP contribution in [0.15, 0.2) is 35.5 Å². The molecule has 1 aromatic carbocycles. The van der Waals surface area contributed by atoms with Crippen molar-refractivity contribution in [2.45, 2.75) is 26.2 Å². The van der Waals surface area contributed by atoms with Gasteiger partial charge in [0.2, 0.25) is 0 Å². The number of rotatable bonds is 1. The topological polar surface area (TPSA) is 0 Å². The number of quaternary nitrogens is 1. The molecular weight excluding hydrogens is 313 g/mol. The number of fused-ring (bicyclic) bond motifs is 3. The first-order valence-electron chi connectivity index (χ1n) is 6.18. The van der Waals surface area contributed by atoms with Crippen molar-refractivity contribution in [3.8, 4) is 0 Å². The van der Waals surface area contributed by atoms with Crippen LogP contribution in [0.4, 0.5) is 5.69 Å². The maximum absolute atomic E-state index is 2.40. The molecular formula is C15H19Cl2NTi. The molecule has 0 aromatic heterocycles. The van der Waals surface area contributed by atoms with Crippen molar-refractivity contribution >= 4 is 5.69 Å². The maximum atomic E-state index is 2.40. The number of hydrogen-bond donors (Lipinski definition) is 0. The van der Waals surface area contributed by atoms with Gasteiger partial charge in [-0.1, -0.05) is 25.1 Å². The summed E-state index contributed by atoms with van der Waals surface area (Å²) in [6.07, 6.45) is 3.61. The van der Waals surface area contributed by atoms with Crippen LogP contribution in [0.1, 0.15) is 31.7 Å². The van der Waals surface area contributed by atoms with E-state index in [9.17, 15) is 0 Å². The van der Waals surface area contributed by atoms with Crippen molar-refractivity contribution in [2.24, 2.45) is 0 Å². The Hall–Kier alpha value is 0.0843. The molecule has 0 saturated heterocycles. The number of benzene rings is 1. The fourth-order valence-corrected chi connectivity index (χ4v) is 3.50. The van der Waals surface area contributed by atoms with Crippen molar-refractivity contribution in [1.29, 1.82) is 0 Å².